The molecule has 10 nitrogen and oxygen atoms in total. The van der Waals surface area contributed by atoms with Crippen molar-refractivity contribution in [3.8, 4) is 11.5 Å². The van der Waals surface area contributed by atoms with Crippen molar-refractivity contribution in [2.24, 2.45) is 5.10 Å². The number of Topliss-reactive ketones (excluding diaryl/α,β-unsaturated/α-hetero) is 1. The van der Waals surface area contributed by atoms with E-state index >= 15 is 0 Å². The van der Waals surface area contributed by atoms with Crippen LogP contribution in [-0.2, 0) is 23.1 Å². The van der Waals surface area contributed by atoms with Crippen molar-refractivity contribution >= 4 is 27.3 Å². The maximum atomic E-state index is 13.0. The number of quaternary nitrogens is 1. The fourth-order valence-electron chi connectivity index (χ4n) is 3.80. The Morgan fingerprint density at radius 2 is 1.86 bits per heavy atom. The fraction of sp³-hybridized carbons (Fsp3) is 0.200. The Labute approximate surface area is 209 Å². The minimum atomic E-state index is -3.85. The van der Waals surface area contributed by atoms with Gasteiger partial charge in [0, 0.05) is 11.1 Å². The summed E-state index contributed by atoms with van der Waals surface area (Å²) in [5.74, 6) is 0.726. The SMILES string of the molecule is CCCc1c(OCc2ccc(S(=O)(=O)Nc3ccccc3C3=N[NH2+]NN3)cc2)ccc(C(C)=O)c1O. The molecule has 4 rings (SSSR count). The van der Waals surface area contributed by atoms with Crippen molar-refractivity contribution in [2.45, 2.75) is 38.2 Å². The number of benzene rings is 3. The van der Waals surface area contributed by atoms with Gasteiger partial charge in [-0.15, -0.1) is 5.53 Å². The number of para-hydroxylation sites is 1. The summed E-state index contributed by atoms with van der Waals surface area (Å²) in [6.45, 7) is 3.55. The first-order valence-electron chi connectivity index (χ1n) is 11.4. The van der Waals surface area contributed by atoms with Crippen molar-refractivity contribution in [3.05, 3.63) is 82.9 Å². The van der Waals surface area contributed by atoms with Crippen molar-refractivity contribution in [2.75, 3.05) is 4.72 Å². The second-order valence-electron chi connectivity index (χ2n) is 8.20. The minimum absolute atomic E-state index is 0.0536. The Hall–Kier alpha value is -3.93. The molecule has 0 atom stereocenters. The van der Waals surface area contributed by atoms with Crippen molar-refractivity contribution in [3.63, 3.8) is 0 Å². The highest BCUT2D eigenvalue weighted by atomic mass is 32.2. The molecule has 0 saturated heterocycles. The number of nitrogens with zero attached hydrogens (tertiary/aromatic N) is 1. The van der Waals surface area contributed by atoms with E-state index in [1.807, 2.05) is 6.92 Å². The van der Waals surface area contributed by atoms with E-state index in [9.17, 15) is 18.3 Å². The molecule has 6 N–H and O–H groups in total. The molecule has 0 amide bonds. The highest BCUT2D eigenvalue weighted by molar-refractivity contribution is 7.92. The third-order valence-corrected chi connectivity index (χ3v) is 7.00. The number of hydrogen-bond acceptors (Lipinski definition) is 8. The van der Waals surface area contributed by atoms with Gasteiger partial charge in [-0.3, -0.25) is 14.9 Å². The molecule has 11 heteroatoms. The largest absolute Gasteiger partial charge is 0.507 e. The number of nitrogens with one attached hydrogen (secondary N) is 3. The Morgan fingerprint density at radius 1 is 1.11 bits per heavy atom. The third kappa shape index (κ3) is 5.48. The number of carbonyl (C=O) groups excluding carboxylic acids is 1. The van der Waals surface area contributed by atoms with Gasteiger partial charge in [-0.1, -0.05) is 43.1 Å². The molecule has 0 aromatic heterocycles. The number of nitrogens with two attached hydrogens (primary N) is 1. The van der Waals surface area contributed by atoms with E-state index in [1.54, 1.807) is 48.5 Å². The molecule has 36 heavy (non-hydrogen) atoms. The number of rotatable bonds is 10. The maximum absolute atomic E-state index is 13.0. The number of sulfonamides is 1. The second-order valence-corrected chi connectivity index (χ2v) is 9.89. The summed E-state index contributed by atoms with van der Waals surface area (Å²) < 4.78 is 34.6. The van der Waals surface area contributed by atoms with E-state index in [4.69, 9.17) is 4.74 Å². The zero-order valence-electron chi connectivity index (χ0n) is 19.9. The molecule has 3 aromatic carbocycles. The molecule has 1 aliphatic heterocycles. The minimum Gasteiger partial charge on any atom is -0.507 e. The predicted molar refractivity (Wildman–Crippen MR) is 135 cm³/mol. The molecule has 0 fully saturated rings. The van der Waals surface area contributed by atoms with Crippen molar-refractivity contribution in [1.82, 2.24) is 11.0 Å². The summed E-state index contributed by atoms with van der Waals surface area (Å²) in [6.07, 6.45) is 1.33. The van der Waals surface area contributed by atoms with Crippen LogP contribution in [0.1, 0.15) is 47.3 Å². The number of phenols is 1. The smallest absolute Gasteiger partial charge is 0.261 e. The van der Waals surface area contributed by atoms with E-state index in [0.717, 1.165) is 12.0 Å². The highest BCUT2D eigenvalue weighted by Gasteiger charge is 2.20. The number of anilines is 1. The Balaban J connectivity index is 1.48. The van der Waals surface area contributed by atoms with Crippen LogP contribution in [-0.4, -0.2) is 25.1 Å². The number of hydrogen-bond donors (Lipinski definition) is 5. The van der Waals surface area contributed by atoms with Gasteiger partial charge in [-0.2, -0.15) is 0 Å². The van der Waals surface area contributed by atoms with Gasteiger partial charge in [0.05, 0.1) is 16.1 Å². The Kier molecular flexibility index (Phi) is 7.53. The van der Waals surface area contributed by atoms with Gasteiger partial charge < -0.3 is 9.84 Å². The quantitative estimate of drug-likeness (QED) is 0.208. The van der Waals surface area contributed by atoms with E-state index in [2.05, 4.69) is 20.8 Å². The van der Waals surface area contributed by atoms with Crippen LogP contribution in [0, 0.1) is 0 Å². The van der Waals surface area contributed by atoms with Gasteiger partial charge >= 0.3 is 0 Å². The fourth-order valence-corrected chi connectivity index (χ4v) is 4.88. The first-order valence-corrected chi connectivity index (χ1v) is 12.9. The predicted octanol–water partition coefficient (Wildman–Crippen LogP) is 2.17. The highest BCUT2D eigenvalue weighted by Crippen LogP contribution is 2.33. The molecule has 0 saturated carbocycles. The summed E-state index contributed by atoms with van der Waals surface area (Å²) in [5.41, 5.74) is 9.68. The molecule has 1 heterocycles. The lowest BCUT2D eigenvalue weighted by molar-refractivity contribution is -0.713. The number of carbonyl (C=O) groups is 1. The zero-order chi connectivity index (χ0) is 25.7. The maximum Gasteiger partial charge on any atom is 0.261 e. The molecule has 0 radical (unpaired) electrons. The third-order valence-electron chi connectivity index (χ3n) is 5.62. The second kappa shape index (κ2) is 10.8. The molecule has 0 unspecified atom stereocenters. The number of hydrazine groups is 1. The normalized spacial score (nSPS) is 13.1. The Bertz CT molecular complexity index is 1400. The van der Waals surface area contributed by atoms with Gasteiger partial charge in [0.25, 0.3) is 10.0 Å². The number of phenolic OH excluding ortho intramolecular Hbond substituents is 1. The van der Waals surface area contributed by atoms with Gasteiger partial charge in [0.2, 0.25) is 5.84 Å². The van der Waals surface area contributed by atoms with Crippen LogP contribution in [0.5, 0.6) is 11.5 Å². The zero-order valence-corrected chi connectivity index (χ0v) is 20.7. The number of ether oxygens (including phenoxy) is 1. The van der Waals surface area contributed by atoms with Gasteiger partial charge in [0.15, 0.2) is 5.78 Å². The molecule has 1 aliphatic rings. The molecule has 3 aromatic rings. The van der Waals surface area contributed by atoms with Crippen LogP contribution in [0.15, 0.2) is 70.7 Å². The summed E-state index contributed by atoms with van der Waals surface area (Å²) in [7, 11) is -3.85. The number of aromatic hydroxyl groups is 1. The standard InChI is InChI=1S/C25H27N5O5S/c1-3-6-21-23(14-13-19(16(2)31)24(21)32)35-15-17-9-11-18(12-10-17)36(33,34)28-22-8-5-4-7-20(22)25-26-29-30-27-25/h4-5,7-14,28-30,32H,3,6,15H2,1-2H3,(H,26,27)/p+1. The van der Waals surface area contributed by atoms with E-state index in [0.29, 0.717) is 34.8 Å². The first kappa shape index (κ1) is 25.2. The van der Waals surface area contributed by atoms with Crippen LogP contribution < -0.4 is 26.0 Å². The van der Waals surface area contributed by atoms with Crippen LogP contribution in [0.2, 0.25) is 0 Å². The molecule has 0 spiro atoms. The molecular formula is C25H28N5O5S+. The van der Waals surface area contributed by atoms with E-state index in [1.165, 1.54) is 24.6 Å². The van der Waals surface area contributed by atoms with Crippen LogP contribution in [0.3, 0.4) is 0 Å². The van der Waals surface area contributed by atoms with Crippen LogP contribution >= 0.6 is 0 Å². The van der Waals surface area contributed by atoms with E-state index < -0.39 is 10.0 Å². The number of amidine groups is 1. The summed E-state index contributed by atoms with van der Waals surface area (Å²) in [4.78, 5) is 11.9. The van der Waals surface area contributed by atoms with E-state index in [-0.39, 0.29) is 28.6 Å². The Morgan fingerprint density at radius 3 is 2.53 bits per heavy atom. The van der Waals surface area contributed by atoms with Crippen molar-refractivity contribution in [1.29, 1.82) is 0 Å². The number of ketones is 1. The summed E-state index contributed by atoms with van der Waals surface area (Å²) in [5, 5.41) is 14.7. The summed E-state index contributed by atoms with van der Waals surface area (Å²) >= 11 is 0. The molecule has 0 aliphatic carbocycles. The van der Waals surface area contributed by atoms with Gasteiger partial charge in [-0.05, 0) is 60.4 Å². The monoisotopic (exact) mass is 510 g/mol. The molecule has 0 bridgehead atoms. The lowest BCUT2D eigenvalue weighted by atomic mass is 10.0. The van der Waals surface area contributed by atoms with Crippen LogP contribution in [0.4, 0.5) is 5.69 Å². The van der Waals surface area contributed by atoms with Gasteiger partial charge in [-0.25, -0.2) is 8.42 Å². The average Bonchev–Trinajstić information content (AvgIpc) is 3.39. The average molecular weight is 511 g/mol. The van der Waals surface area contributed by atoms with Crippen molar-refractivity contribution < 1.29 is 28.6 Å². The molecular weight excluding hydrogens is 482 g/mol. The van der Waals surface area contributed by atoms with Gasteiger partial charge in [0.1, 0.15) is 18.1 Å². The topological polar surface area (TPSA) is 146 Å². The summed E-state index contributed by atoms with van der Waals surface area (Å²) in [6, 6.07) is 16.5. The molecule has 188 valence electrons. The van der Waals surface area contributed by atoms with Crippen LogP contribution in [0.25, 0.3) is 0 Å². The first-order chi connectivity index (χ1) is 17.3. The lowest BCUT2D eigenvalue weighted by Crippen LogP contribution is -2.87. The lowest BCUT2D eigenvalue weighted by Gasteiger charge is -2.15.